The van der Waals surface area contributed by atoms with Crippen molar-refractivity contribution in [2.45, 2.75) is 4.90 Å². The van der Waals surface area contributed by atoms with Gasteiger partial charge in [0.25, 0.3) is 0 Å². The summed E-state index contributed by atoms with van der Waals surface area (Å²) in [7, 11) is -1.86. The fraction of sp³-hybridized carbons (Fsp3) is 0.538. The maximum atomic E-state index is 12.2. The van der Waals surface area contributed by atoms with Crippen LogP contribution in [0.25, 0.3) is 0 Å². The molecule has 0 radical (unpaired) electrons. The van der Waals surface area contributed by atoms with Crippen molar-refractivity contribution >= 4 is 10.0 Å². The lowest BCUT2D eigenvalue weighted by Crippen LogP contribution is -2.51. The molecule has 0 aliphatic carbocycles. The minimum Gasteiger partial charge on any atom is -0.491 e. The Hall–Kier alpha value is -1.15. The van der Waals surface area contributed by atoms with Crippen molar-refractivity contribution in [3.05, 3.63) is 24.3 Å². The maximum Gasteiger partial charge on any atom is 0.243 e. The summed E-state index contributed by atoms with van der Waals surface area (Å²) in [4.78, 5) is 0.244. The molecule has 112 valence electrons. The molecule has 0 atom stereocenters. The second kappa shape index (κ2) is 6.53. The van der Waals surface area contributed by atoms with Crippen LogP contribution >= 0.6 is 0 Å². The van der Waals surface area contributed by atoms with E-state index in [1.807, 2.05) is 0 Å². The van der Waals surface area contributed by atoms with Gasteiger partial charge in [-0.05, 0) is 24.3 Å². The molecule has 0 bridgehead atoms. The molecule has 1 fully saturated rings. The minimum atomic E-state index is -3.45. The molecule has 1 aliphatic rings. The van der Waals surface area contributed by atoms with Gasteiger partial charge in [0.2, 0.25) is 10.0 Å². The van der Waals surface area contributed by atoms with Gasteiger partial charge in [-0.1, -0.05) is 0 Å². The average Bonchev–Trinajstić information content (AvgIpc) is 2.38. The Balaban J connectivity index is 1.98. The molecule has 0 unspecified atom stereocenters. The molecule has 0 aromatic heterocycles. The van der Waals surface area contributed by atoms with E-state index in [-0.39, 0.29) is 17.4 Å². The monoisotopic (exact) mass is 301 g/mol. The molecule has 1 aromatic rings. The molecule has 2 rings (SSSR count). The van der Waals surface area contributed by atoms with E-state index < -0.39 is 10.0 Å². The van der Waals surface area contributed by atoms with Gasteiger partial charge in [0.15, 0.2) is 0 Å². The highest BCUT2D eigenvalue weighted by molar-refractivity contribution is 7.89. The van der Waals surface area contributed by atoms with Crippen LogP contribution in [0.1, 0.15) is 0 Å². The highest BCUT2D eigenvalue weighted by atomic mass is 32.2. The largest absolute Gasteiger partial charge is 0.491 e. The van der Waals surface area contributed by atoms with Crippen LogP contribution in [0.4, 0.5) is 0 Å². The first kappa shape index (κ1) is 15.2. The molecule has 1 saturated heterocycles. The fourth-order valence-corrected chi connectivity index (χ4v) is 3.53. The maximum absolute atomic E-state index is 12.2. The standard InChI is InChI=1S/C13H19NO5S/c1-18-6-7-19-12-2-4-13(5-3-12)20(16,17)14-8-11(9-14)10-15/h2-5,11,15H,6-10H2,1H3. The third kappa shape index (κ3) is 3.29. The van der Waals surface area contributed by atoms with Crippen molar-refractivity contribution in [3.8, 4) is 5.75 Å². The number of methoxy groups -OCH3 is 1. The van der Waals surface area contributed by atoms with E-state index in [4.69, 9.17) is 14.6 Å². The highest BCUT2D eigenvalue weighted by Gasteiger charge is 2.36. The molecular formula is C13H19NO5S. The topological polar surface area (TPSA) is 76.1 Å². The van der Waals surface area contributed by atoms with Crippen molar-refractivity contribution in [2.24, 2.45) is 5.92 Å². The number of nitrogens with zero attached hydrogens (tertiary/aromatic N) is 1. The molecule has 0 saturated carbocycles. The summed E-state index contributed by atoms with van der Waals surface area (Å²) in [6.07, 6.45) is 0. The van der Waals surface area contributed by atoms with E-state index in [1.165, 1.54) is 16.4 Å². The number of rotatable bonds is 7. The van der Waals surface area contributed by atoms with Crippen LogP contribution in [0, 0.1) is 5.92 Å². The van der Waals surface area contributed by atoms with Crippen molar-refractivity contribution in [1.82, 2.24) is 4.31 Å². The Morgan fingerprint density at radius 2 is 1.90 bits per heavy atom. The molecule has 1 N–H and O–H groups in total. The van der Waals surface area contributed by atoms with Crippen molar-refractivity contribution < 1.29 is 23.0 Å². The summed E-state index contributed by atoms with van der Waals surface area (Å²) < 4.78 is 36.1. The fourth-order valence-electron chi connectivity index (χ4n) is 1.93. The van der Waals surface area contributed by atoms with Crippen molar-refractivity contribution in [3.63, 3.8) is 0 Å². The van der Waals surface area contributed by atoms with E-state index in [2.05, 4.69) is 0 Å². The molecular weight excluding hydrogens is 282 g/mol. The molecule has 1 aliphatic heterocycles. The van der Waals surface area contributed by atoms with Gasteiger partial charge in [-0.3, -0.25) is 0 Å². The Morgan fingerprint density at radius 3 is 2.45 bits per heavy atom. The zero-order valence-corrected chi connectivity index (χ0v) is 12.2. The Bertz CT molecular complexity index is 522. The first-order chi connectivity index (χ1) is 9.57. The zero-order valence-electron chi connectivity index (χ0n) is 11.4. The summed E-state index contributed by atoms with van der Waals surface area (Å²) in [5.74, 6) is 0.666. The van der Waals surface area contributed by atoms with E-state index in [0.717, 1.165) is 0 Å². The van der Waals surface area contributed by atoms with Crippen LogP contribution in [0.15, 0.2) is 29.2 Å². The van der Waals surface area contributed by atoms with E-state index >= 15 is 0 Å². The number of aliphatic hydroxyl groups is 1. The third-order valence-corrected chi connectivity index (χ3v) is 5.05. The third-order valence-electron chi connectivity index (χ3n) is 3.20. The molecule has 7 heteroatoms. The number of benzene rings is 1. The highest BCUT2D eigenvalue weighted by Crippen LogP contribution is 2.25. The summed E-state index contributed by atoms with van der Waals surface area (Å²) in [6, 6.07) is 6.32. The number of ether oxygens (including phenoxy) is 2. The molecule has 6 nitrogen and oxygen atoms in total. The van der Waals surface area contributed by atoms with Crippen LogP contribution in [-0.2, 0) is 14.8 Å². The predicted molar refractivity (Wildman–Crippen MR) is 73.1 cm³/mol. The lowest BCUT2D eigenvalue weighted by atomic mass is 10.1. The number of hydrogen-bond acceptors (Lipinski definition) is 5. The van der Waals surface area contributed by atoms with E-state index in [9.17, 15) is 8.42 Å². The van der Waals surface area contributed by atoms with Crippen LogP contribution in [0.2, 0.25) is 0 Å². The predicted octanol–water partition coefficient (Wildman–Crippen LogP) is 0.325. The lowest BCUT2D eigenvalue weighted by molar-refractivity contribution is 0.117. The molecule has 0 amide bonds. The number of aliphatic hydroxyl groups excluding tert-OH is 1. The quantitative estimate of drug-likeness (QED) is 0.734. The minimum absolute atomic E-state index is 0.0261. The molecule has 20 heavy (non-hydrogen) atoms. The average molecular weight is 301 g/mol. The van der Waals surface area contributed by atoms with Gasteiger partial charge in [0.05, 0.1) is 11.5 Å². The smallest absolute Gasteiger partial charge is 0.243 e. The summed E-state index contributed by atoms with van der Waals surface area (Å²) in [5.41, 5.74) is 0. The van der Waals surface area contributed by atoms with Crippen LogP contribution in [0.3, 0.4) is 0 Å². The number of sulfonamides is 1. The summed E-state index contributed by atoms with van der Waals surface area (Å²) in [6.45, 7) is 1.69. The second-order valence-electron chi connectivity index (χ2n) is 4.68. The zero-order chi connectivity index (χ0) is 14.6. The van der Waals surface area contributed by atoms with Crippen LogP contribution < -0.4 is 4.74 Å². The van der Waals surface area contributed by atoms with Crippen LogP contribution in [0.5, 0.6) is 5.75 Å². The van der Waals surface area contributed by atoms with Crippen molar-refractivity contribution in [1.29, 1.82) is 0 Å². The molecule has 0 spiro atoms. The first-order valence-electron chi connectivity index (χ1n) is 6.40. The second-order valence-corrected chi connectivity index (χ2v) is 6.62. The van der Waals surface area contributed by atoms with Crippen LogP contribution in [-0.4, -0.2) is 57.8 Å². The Labute approximate surface area is 119 Å². The van der Waals surface area contributed by atoms with Gasteiger partial charge in [0, 0.05) is 32.7 Å². The van der Waals surface area contributed by atoms with Gasteiger partial charge in [-0.2, -0.15) is 4.31 Å². The first-order valence-corrected chi connectivity index (χ1v) is 7.84. The molecule has 1 heterocycles. The van der Waals surface area contributed by atoms with Gasteiger partial charge in [-0.15, -0.1) is 0 Å². The number of hydrogen-bond donors (Lipinski definition) is 1. The van der Waals surface area contributed by atoms with Gasteiger partial charge < -0.3 is 14.6 Å². The normalized spacial score (nSPS) is 16.9. The van der Waals surface area contributed by atoms with Gasteiger partial charge >= 0.3 is 0 Å². The summed E-state index contributed by atoms with van der Waals surface area (Å²) >= 11 is 0. The SMILES string of the molecule is COCCOc1ccc(S(=O)(=O)N2CC(CO)C2)cc1. The van der Waals surface area contributed by atoms with Crippen molar-refractivity contribution in [2.75, 3.05) is 40.0 Å². The Kier molecular flexibility index (Phi) is 4.98. The van der Waals surface area contributed by atoms with E-state index in [1.54, 1.807) is 19.2 Å². The van der Waals surface area contributed by atoms with Gasteiger partial charge in [-0.25, -0.2) is 8.42 Å². The van der Waals surface area contributed by atoms with E-state index in [0.29, 0.717) is 32.1 Å². The Morgan fingerprint density at radius 1 is 1.25 bits per heavy atom. The summed E-state index contributed by atoms with van der Waals surface area (Å²) in [5, 5.41) is 8.93. The lowest BCUT2D eigenvalue weighted by Gasteiger charge is -2.36. The van der Waals surface area contributed by atoms with Gasteiger partial charge in [0.1, 0.15) is 12.4 Å². The molecule has 1 aromatic carbocycles.